The summed E-state index contributed by atoms with van der Waals surface area (Å²) in [7, 11) is 0. The van der Waals surface area contributed by atoms with Crippen LogP contribution < -0.4 is 0 Å². The van der Waals surface area contributed by atoms with E-state index in [1.165, 1.54) is 6.08 Å². The van der Waals surface area contributed by atoms with E-state index in [0.29, 0.717) is 5.92 Å². The Morgan fingerprint density at radius 1 is 1.25 bits per heavy atom. The van der Waals surface area contributed by atoms with E-state index in [9.17, 15) is 15.0 Å². The summed E-state index contributed by atoms with van der Waals surface area (Å²) >= 11 is 0. The zero-order valence-corrected chi connectivity index (χ0v) is 15.0. The van der Waals surface area contributed by atoms with E-state index in [-0.39, 0.29) is 11.5 Å². The van der Waals surface area contributed by atoms with Crippen molar-refractivity contribution in [1.82, 2.24) is 0 Å². The van der Waals surface area contributed by atoms with Crippen LogP contribution in [0.1, 0.15) is 34.1 Å². The molecule has 0 bridgehead atoms. The Labute approximate surface area is 144 Å². The third-order valence-corrected chi connectivity index (χ3v) is 4.18. The van der Waals surface area contributed by atoms with E-state index in [1.54, 1.807) is 6.92 Å². The number of Topliss-reactive ketones (excluding diaryl/α,β-unsaturated/α-hetero) is 1. The van der Waals surface area contributed by atoms with E-state index in [0.717, 1.165) is 12.0 Å². The summed E-state index contributed by atoms with van der Waals surface area (Å²) in [5, 5.41) is 29.3. The van der Waals surface area contributed by atoms with Gasteiger partial charge in [-0.3, -0.25) is 4.79 Å². The fraction of sp³-hybridized carbons (Fsp3) is 0.550. The molecule has 0 heterocycles. The van der Waals surface area contributed by atoms with Crippen molar-refractivity contribution in [3.63, 3.8) is 0 Å². The SMILES string of the molecule is C/C(=C\C=C/[C@H](C)/C=C/CC(C)C)[C@H]1[C@@H](O)C=C(CO)C(=O)[C@@H]1O. The van der Waals surface area contributed by atoms with Crippen LogP contribution in [0.2, 0.25) is 0 Å². The first-order valence-corrected chi connectivity index (χ1v) is 8.51. The van der Waals surface area contributed by atoms with Gasteiger partial charge in [0, 0.05) is 11.5 Å². The Morgan fingerprint density at radius 3 is 2.50 bits per heavy atom. The lowest BCUT2D eigenvalue weighted by Crippen LogP contribution is -2.43. The van der Waals surface area contributed by atoms with Gasteiger partial charge in [-0.05, 0) is 31.3 Å². The van der Waals surface area contributed by atoms with Crippen molar-refractivity contribution in [1.29, 1.82) is 0 Å². The lowest BCUT2D eigenvalue weighted by Gasteiger charge is -2.30. The first-order chi connectivity index (χ1) is 11.3. The van der Waals surface area contributed by atoms with Gasteiger partial charge in [0.05, 0.1) is 12.7 Å². The van der Waals surface area contributed by atoms with E-state index in [2.05, 4.69) is 32.9 Å². The van der Waals surface area contributed by atoms with Crippen LogP contribution in [0.3, 0.4) is 0 Å². The standard InChI is InChI=1S/C20H30O4/c1-13(2)7-5-8-14(3)9-6-10-15(4)18-17(22)11-16(12-21)19(23)20(18)24/h5-6,8-11,13-14,17-18,20-22,24H,7,12H2,1-4H3/b8-5+,9-6-,15-10+/t14-,17+,18+,20-/m1/s1. The molecule has 0 amide bonds. The minimum Gasteiger partial charge on any atom is -0.392 e. The molecule has 24 heavy (non-hydrogen) atoms. The van der Waals surface area contributed by atoms with E-state index in [4.69, 9.17) is 5.11 Å². The average molecular weight is 334 g/mol. The Hall–Kier alpha value is -1.49. The third kappa shape index (κ3) is 5.86. The van der Waals surface area contributed by atoms with Gasteiger partial charge in [0.1, 0.15) is 6.10 Å². The van der Waals surface area contributed by atoms with Gasteiger partial charge in [0.25, 0.3) is 0 Å². The molecule has 0 aliphatic heterocycles. The number of hydrogen-bond donors (Lipinski definition) is 3. The molecular formula is C20H30O4. The predicted molar refractivity (Wildman–Crippen MR) is 96.3 cm³/mol. The molecule has 1 rings (SSSR count). The molecule has 4 nitrogen and oxygen atoms in total. The first-order valence-electron chi connectivity index (χ1n) is 8.51. The maximum atomic E-state index is 11.9. The number of aliphatic hydroxyl groups is 3. The Bertz CT molecular complexity index is 540. The Balaban J connectivity index is 2.75. The van der Waals surface area contributed by atoms with Crippen LogP contribution in [0, 0.1) is 17.8 Å². The van der Waals surface area contributed by atoms with Crippen LogP contribution >= 0.6 is 0 Å². The first kappa shape index (κ1) is 20.6. The molecule has 0 aromatic heterocycles. The second-order valence-electron chi connectivity index (χ2n) is 6.89. The maximum Gasteiger partial charge on any atom is 0.190 e. The second-order valence-corrected chi connectivity index (χ2v) is 6.89. The van der Waals surface area contributed by atoms with Crippen LogP contribution in [0.15, 0.2) is 47.6 Å². The largest absolute Gasteiger partial charge is 0.392 e. The van der Waals surface area contributed by atoms with Crippen LogP contribution in [0.5, 0.6) is 0 Å². The van der Waals surface area contributed by atoms with Crippen molar-refractivity contribution in [2.75, 3.05) is 6.61 Å². The monoisotopic (exact) mass is 334 g/mol. The van der Waals surface area contributed by atoms with E-state index >= 15 is 0 Å². The molecule has 0 saturated carbocycles. The molecule has 3 N–H and O–H groups in total. The van der Waals surface area contributed by atoms with Crippen molar-refractivity contribution in [3.8, 4) is 0 Å². The van der Waals surface area contributed by atoms with Gasteiger partial charge < -0.3 is 15.3 Å². The average Bonchev–Trinajstić information content (AvgIpc) is 2.50. The van der Waals surface area contributed by atoms with Crippen molar-refractivity contribution in [2.45, 2.75) is 46.3 Å². The molecule has 0 unspecified atom stereocenters. The number of carbonyl (C=O) groups excluding carboxylic acids is 1. The Morgan fingerprint density at radius 2 is 1.92 bits per heavy atom. The molecule has 0 radical (unpaired) electrons. The normalized spacial score (nSPS) is 27.3. The number of aliphatic hydroxyl groups excluding tert-OH is 3. The molecule has 0 fully saturated rings. The van der Waals surface area contributed by atoms with Crippen molar-refractivity contribution in [2.24, 2.45) is 17.8 Å². The number of ketones is 1. The van der Waals surface area contributed by atoms with Gasteiger partial charge >= 0.3 is 0 Å². The van der Waals surface area contributed by atoms with E-state index < -0.39 is 30.5 Å². The lowest BCUT2D eigenvalue weighted by atomic mass is 9.79. The highest BCUT2D eigenvalue weighted by Crippen LogP contribution is 2.28. The summed E-state index contributed by atoms with van der Waals surface area (Å²) in [4.78, 5) is 11.9. The van der Waals surface area contributed by atoms with Gasteiger partial charge in [-0.2, -0.15) is 0 Å². The molecular weight excluding hydrogens is 304 g/mol. The summed E-state index contributed by atoms with van der Waals surface area (Å²) in [6.45, 7) is 7.75. The number of allylic oxidation sites excluding steroid dienone is 5. The highest BCUT2D eigenvalue weighted by Gasteiger charge is 2.37. The predicted octanol–water partition coefficient (Wildman–Crippen LogP) is 2.57. The lowest BCUT2D eigenvalue weighted by molar-refractivity contribution is -0.128. The smallest absolute Gasteiger partial charge is 0.190 e. The highest BCUT2D eigenvalue weighted by atomic mass is 16.3. The molecule has 4 atom stereocenters. The minimum atomic E-state index is -1.32. The third-order valence-electron chi connectivity index (χ3n) is 4.18. The molecule has 0 aromatic carbocycles. The van der Waals surface area contributed by atoms with Crippen molar-refractivity contribution >= 4 is 5.78 Å². The van der Waals surface area contributed by atoms with Crippen molar-refractivity contribution in [3.05, 3.63) is 47.6 Å². The molecule has 4 heteroatoms. The fourth-order valence-corrected chi connectivity index (χ4v) is 2.70. The summed E-state index contributed by atoms with van der Waals surface area (Å²) in [6.07, 6.45) is 10.1. The molecule has 0 saturated heterocycles. The minimum absolute atomic E-state index is 0.0681. The number of rotatable bonds is 7. The summed E-state index contributed by atoms with van der Waals surface area (Å²) in [5.41, 5.74) is 0.796. The summed E-state index contributed by atoms with van der Waals surface area (Å²) in [5.74, 6) is -0.265. The van der Waals surface area contributed by atoms with Crippen LogP contribution in [-0.2, 0) is 4.79 Å². The molecule has 0 aromatic rings. The zero-order valence-electron chi connectivity index (χ0n) is 15.0. The van der Waals surface area contributed by atoms with Crippen LogP contribution in [0.4, 0.5) is 0 Å². The zero-order chi connectivity index (χ0) is 18.3. The molecule has 1 aliphatic carbocycles. The van der Waals surface area contributed by atoms with Gasteiger partial charge in [0.15, 0.2) is 5.78 Å². The second kappa shape index (κ2) is 9.72. The summed E-state index contributed by atoms with van der Waals surface area (Å²) < 4.78 is 0. The van der Waals surface area contributed by atoms with Crippen LogP contribution in [0.25, 0.3) is 0 Å². The quantitative estimate of drug-likeness (QED) is 0.494. The van der Waals surface area contributed by atoms with Crippen molar-refractivity contribution < 1.29 is 20.1 Å². The van der Waals surface area contributed by atoms with Gasteiger partial charge in [-0.1, -0.05) is 56.7 Å². The Kier molecular flexibility index (Phi) is 8.32. The molecule has 134 valence electrons. The maximum absolute atomic E-state index is 11.9. The summed E-state index contributed by atoms with van der Waals surface area (Å²) in [6, 6.07) is 0. The van der Waals surface area contributed by atoms with Gasteiger partial charge in [-0.25, -0.2) is 0 Å². The van der Waals surface area contributed by atoms with Gasteiger partial charge in [0.2, 0.25) is 0 Å². The number of hydrogen-bond acceptors (Lipinski definition) is 4. The molecule has 0 spiro atoms. The van der Waals surface area contributed by atoms with Crippen LogP contribution in [-0.4, -0.2) is 39.9 Å². The van der Waals surface area contributed by atoms with E-state index in [1.807, 2.05) is 18.2 Å². The molecule has 1 aliphatic rings. The van der Waals surface area contributed by atoms with Gasteiger partial charge in [-0.15, -0.1) is 0 Å². The fourth-order valence-electron chi connectivity index (χ4n) is 2.70. The highest BCUT2D eigenvalue weighted by molar-refractivity contribution is 6.00. The number of carbonyl (C=O) groups is 1. The topological polar surface area (TPSA) is 77.8 Å².